The molecule has 2 aromatic rings. The fraction of sp³-hybridized carbons (Fsp3) is 0.429. The van der Waals surface area contributed by atoms with Crippen LogP contribution in [-0.2, 0) is 14.8 Å². The number of ether oxygens (including phenoxy) is 1. The van der Waals surface area contributed by atoms with Gasteiger partial charge in [-0.3, -0.25) is 4.72 Å². The summed E-state index contributed by atoms with van der Waals surface area (Å²) >= 11 is 0. The van der Waals surface area contributed by atoms with Crippen LogP contribution in [-0.4, -0.2) is 47.0 Å². The molecule has 0 bridgehead atoms. The van der Waals surface area contributed by atoms with Crippen LogP contribution in [0.1, 0.15) is 34.4 Å². The zero-order valence-electron chi connectivity index (χ0n) is 14.1. The van der Waals surface area contributed by atoms with E-state index in [2.05, 4.69) is 19.8 Å². The highest BCUT2D eigenvalue weighted by atomic mass is 32.2. The Hall–Kier alpha value is -2.49. The van der Waals surface area contributed by atoms with E-state index in [-0.39, 0.29) is 23.9 Å². The van der Waals surface area contributed by atoms with Crippen LogP contribution in [0.4, 0.5) is 5.82 Å². The summed E-state index contributed by atoms with van der Waals surface area (Å²) in [6.45, 7) is 6.96. The predicted octanol–water partition coefficient (Wildman–Crippen LogP) is 1.14. The van der Waals surface area contributed by atoms with Crippen molar-refractivity contribution in [3.63, 3.8) is 0 Å². The fourth-order valence-electron chi connectivity index (χ4n) is 2.19. The Bertz CT molecular complexity index is 869. The minimum Gasteiger partial charge on any atom is -0.462 e. The molecule has 10 heteroatoms. The number of nitrogens with one attached hydrogen (secondary N) is 1. The molecule has 0 saturated heterocycles. The molecular weight excluding hydrogens is 334 g/mol. The molecule has 0 saturated carbocycles. The van der Waals surface area contributed by atoms with E-state index in [0.29, 0.717) is 17.1 Å². The second-order valence-corrected chi connectivity index (χ2v) is 7.01. The maximum atomic E-state index is 12.2. The topological polar surface area (TPSA) is 116 Å². The molecule has 2 heterocycles. The van der Waals surface area contributed by atoms with Gasteiger partial charge in [-0.15, -0.1) is 0 Å². The molecule has 9 nitrogen and oxygen atoms in total. The van der Waals surface area contributed by atoms with Gasteiger partial charge in [0.25, 0.3) is 5.95 Å². The summed E-state index contributed by atoms with van der Waals surface area (Å²) in [4.78, 5) is 20.7. The summed E-state index contributed by atoms with van der Waals surface area (Å²) < 4.78 is 31.9. The summed E-state index contributed by atoms with van der Waals surface area (Å²) in [6, 6.07) is 1.77. The Morgan fingerprint density at radius 3 is 2.33 bits per heavy atom. The van der Waals surface area contributed by atoms with Crippen molar-refractivity contribution in [3.05, 3.63) is 28.7 Å². The normalized spacial score (nSPS) is 11.4. The fourth-order valence-corrected chi connectivity index (χ4v) is 2.73. The van der Waals surface area contributed by atoms with Gasteiger partial charge in [0, 0.05) is 11.4 Å². The second kappa shape index (κ2) is 6.56. The summed E-state index contributed by atoms with van der Waals surface area (Å²) in [5.41, 5.74) is 1.72. The van der Waals surface area contributed by atoms with E-state index in [0.717, 1.165) is 6.26 Å². The number of esters is 1. The molecule has 0 radical (unpaired) electrons. The van der Waals surface area contributed by atoms with Crippen LogP contribution < -0.4 is 4.72 Å². The van der Waals surface area contributed by atoms with E-state index in [1.807, 2.05) is 0 Å². The van der Waals surface area contributed by atoms with Crippen LogP contribution in [0.15, 0.2) is 6.07 Å². The number of aromatic nitrogens is 4. The average Bonchev–Trinajstić information content (AvgIpc) is 2.72. The molecule has 0 aromatic carbocycles. The van der Waals surface area contributed by atoms with E-state index < -0.39 is 16.0 Å². The minimum absolute atomic E-state index is 0.0324. The summed E-state index contributed by atoms with van der Waals surface area (Å²) in [7, 11) is -3.66. The maximum absolute atomic E-state index is 12.2. The minimum atomic E-state index is -3.66. The summed E-state index contributed by atoms with van der Waals surface area (Å²) in [6.07, 6.45) is 0.983. The van der Waals surface area contributed by atoms with Crippen LogP contribution >= 0.6 is 0 Å². The van der Waals surface area contributed by atoms with Crippen LogP contribution in [0.5, 0.6) is 0 Å². The molecule has 130 valence electrons. The van der Waals surface area contributed by atoms with Crippen LogP contribution in [0, 0.1) is 20.8 Å². The van der Waals surface area contributed by atoms with Gasteiger partial charge in [-0.25, -0.2) is 23.2 Å². The molecule has 24 heavy (non-hydrogen) atoms. The standard InChI is InChI=1S/C14H19N5O4S/c1-6-23-13(20)11-10(4)17-19(12(11)18-24(5,21)22)14-15-8(2)7-9(3)16-14/h7,18H,6H2,1-5H3. The lowest BCUT2D eigenvalue weighted by atomic mass is 10.2. The third kappa shape index (κ3) is 3.88. The van der Waals surface area contributed by atoms with Gasteiger partial charge in [0.15, 0.2) is 5.82 Å². The van der Waals surface area contributed by atoms with Crippen molar-refractivity contribution in [3.8, 4) is 5.95 Å². The molecule has 2 rings (SSSR count). The Labute approximate surface area is 140 Å². The number of carbonyl (C=O) groups excluding carboxylic acids is 1. The molecule has 0 atom stereocenters. The predicted molar refractivity (Wildman–Crippen MR) is 87.8 cm³/mol. The zero-order chi connectivity index (χ0) is 18.1. The smallest absolute Gasteiger partial charge is 0.343 e. The third-order valence-corrected chi connectivity index (χ3v) is 3.55. The quantitative estimate of drug-likeness (QED) is 0.801. The highest BCUT2D eigenvalue weighted by molar-refractivity contribution is 7.92. The van der Waals surface area contributed by atoms with Gasteiger partial charge in [0.05, 0.1) is 18.6 Å². The molecule has 0 aliphatic heterocycles. The van der Waals surface area contributed by atoms with Crippen molar-refractivity contribution in [2.75, 3.05) is 17.6 Å². The second-order valence-electron chi connectivity index (χ2n) is 5.27. The van der Waals surface area contributed by atoms with Gasteiger partial charge in [-0.1, -0.05) is 0 Å². The van der Waals surface area contributed by atoms with Gasteiger partial charge in [-0.05, 0) is 33.8 Å². The Morgan fingerprint density at radius 2 is 1.83 bits per heavy atom. The van der Waals surface area contributed by atoms with Gasteiger partial charge in [-0.2, -0.15) is 9.78 Å². The number of carbonyl (C=O) groups is 1. The lowest BCUT2D eigenvalue weighted by Crippen LogP contribution is -2.18. The number of hydrogen-bond donors (Lipinski definition) is 1. The number of rotatable bonds is 5. The molecule has 0 aliphatic carbocycles. The molecule has 0 spiro atoms. The number of anilines is 1. The number of nitrogens with zero attached hydrogens (tertiary/aromatic N) is 4. The largest absolute Gasteiger partial charge is 0.462 e. The zero-order valence-corrected chi connectivity index (χ0v) is 14.9. The van der Waals surface area contributed by atoms with E-state index in [1.54, 1.807) is 33.8 Å². The molecule has 0 aliphatic rings. The van der Waals surface area contributed by atoms with Crippen LogP contribution in [0.2, 0.25) is 0 Å². The molecule has 0 amide bonds. The number of aryl methyl sites for hydroxylation is 3. The van der Waals surface area contributed by atoms with Crippen molar-refractivity contribution in [2.24, 2.45) is 0 Å². The van der Waals surface area contributed by atoms with E-state index in [4.69, 9.17) is 4.74 Å². The van der Waals surface area contributed by atoms with Crippen LogP contribution in [0.3, 0.4) is 0 Å². The Balaban J connectivity index is 2.71. The van der Waals surface area contributed by atoms with Gasteiger partial charge >= 0.3 is 5.97 Å². The van der Waals surface area contributed by atoms with Gasteiger partial charge in [0.2, 0.25) is 10.0 Å². The first-order valence-corrected chi connectivity index (χ1v) is 9.08. The van der Waals surface area contributed by atoms with Crippen molar-refractivity contribution in [1.29, 1.82) is 0 Å². The van der Waals surface area contributed by atoms with Crippen molar-refractivity contribution in [1.82, 2.24) is 19.7 Å². The van der Waals surface area contributed by atoms with E-state index >= 15 is 0 Å². The lowest BCUT2D eigenvalue weighted by molar-refractivity contribution is 0.0527. The highest BCUT2D eigenvalue weighted by Crippen LogP contribution is 2.24. The third-order valence-electron chi connectivity index (χ3n) is 2.98. The highest BCUT2D eigenvalue weighted by Gasteiger charge is 2.26. The molecule has 0 unspecified atom stereocenters. The molecule has 2 aromatic heterocycles. The van der Waals surface area contributed by atoms with Crippen molar-refractivity contribution < 1.29 is 17.9 Å². The van der Waals surface area contributed by atoms with E-state index in [9.17, 15) is 13.2 Å². The molecular formula is C14H19N5O4S. The Kier molecular flexibility index (Phi) is 4.88. The Morgan fingerprint density at radius 1 is 1.25 bits per heavy atom. The number of hydrogen-bond acceptors (Lipinski definition) is 7. The monoisotopic (exact) mass is 353 g/mol. The van der Waals surface area contributed by atoms with Crippen LogP contribution in [0.25, 0.3) is 5.95 Å². The summed E-state index contributed by atoms with van der Waals surface area (Å²) in [5, 5.41) is 4.21. The van der Waals surface area contributed by atoms with Crippen molar-refractivity contribution in [2.45, 2.75) is 27.7 Å². The SMILES string of the molecule is CCOC(=O)c1c(C)nn(-c2nc(C)cc(C)n2)c1NS(C)(=O)=O. The van der Waals surface area contributed by atoms with E-state index in [1.165, 1.54) is 4.68 Å². The number of sulfonamides is 1. The first-order chi connectivity index (χ1) is 11.1. The molecule has 1 N–H and O–H groups in total. The van der Waals surface area contributed by atoms with Gasteiger partial charge in [0.1, 0.15) is 5.56 Å². The lowest BCUT2D eigenvalue weighted by Gasteiger charge is -2.10. The first-order valence-electron chi connectivity index (χ1n) is 7.19. The maximum Gasteiger partial charge on any atom is 0.343 e. The first kappa shape index (κ1) is 17.9. The molecule has 0 fully saturated rings. The van der Waals surface area contributed by atoms with Gasteiger partial charge < -0.3 is 4.74 Å². The van der Waals surface area contributed by atoms with Crippen molar-refractivity contribution >= 4 is 21.8 Å². The summed E-state index contributed by atoms with van der Waals surface area (Å²) in [5.74, 6) is -0.549. The average molecular weight is 353 g/mol.